The van der Waals surface area contributed by atoms with E-state index in [1.807, 2.05) is 38.1 Å². The first-order valence-electron chi connectivity index (χ1n) is 6.10. The SMILES string of the molecule is CCOc1cccc(Nc2cc(C#N)cc(C)n2)c1. The van der Waals surface area contributed by atoms with E-state index in [4.69, 9.17) is 10.00 Å². The fraction of sp³-hybridized carbons (Fsp3) is 0.200. The number of pyridine rings is 1. The summed E-state index contributed by atoms with van der Waals surface area (Å²) in [5.74, 6) is 1.46. The Morgan fingerprint density at radius 1 is 1.32 bits per heavy atom. The topological polar surface area (TPSA) is 57.9 Å². The molecule has 0 aliphatic rings. The number of hydrogen-bond acceptors (Lipinski definition) is 4. The lowest BCUT2D eigenvalue weighted by atomic mass is 10.2. The fourth-order valence-corrected chi connectivity index (χ4v) is 1.78. The quantitative estimate of drug-likeness (QED) is 0.907. The van der Waals surface area contributed by atoms with Crippen LogP contribution in [-0.2, 0) is 0 Å². The number of aryl methyl sites for hydroxylation is 1. The van der Waals surface area contributed by atoms with Crippen LogP contribution < -0.4 is 10.1 Å². The molecule has 0 bridgehead atoms. The molecule has 2 aromatic rings. The molecule has 1 heterocycles. The van der Waals surface area contributed by atoms with Gasteiger partial charge in [0.15, 0.2) is 0 Å². The largest absolute Gasteiger partial charge is 0.494 e. The van der Waals surface area contributed by atoms with Crippen LogP contribution in [0.15, 0.2) is 36.4 Å². The molecule has 0 unspecified atom stereocenters. The summed E-state index contributed by atoms with van der Waals surface area (Å²) >= 11 is 0. The zero-order valence-corrected chi connectivity index (χ0v) is 11.0. The number of anilines is 2. The van der Waals surface area contributed by atoms with E-state index in [2.05, 4.69) is 16.4 Å². The van der Waals surface area contributed by atoms with Crippen molar-refractivity contribution < 1.29 is 4.74 Å². The number of aromatic nitrogens is 1. The van der Waals surface area contributed by atoms with Crippen LogP contribution in [0.3, 0.4) is 0 Å². The summed E-state index contributed by atoms with van der Waals surface area (Å²) in [4.78, 5) is 4.35. The predicted molar refractivity (Wildman–Crippen MR) is 74.6 cm³/mol. The highest BCUT2D eigenvalue weighted by Crippen LogP contribution is 2.21. The minimum Gasteiger partial charge on any atom is -0.494 e. The second-order valence-corrected chi connectivity index (χ2v) is 4.08. The van der Waals surface area contributed by atoms with Crippen molar-refractivity contribution in [3.8, 4) is 11.8 Å². The van der Waals surface area contributed by atoms with Gasteiger partial charge in [0.2, 0.25) is 0 Å². The second kappa shape index (κ2) is 5.87. The van der Waals surface area contributed by atoms with Gasteiger partial charge in [-0.05, 0) is 38.1 Å². The third-order valence-electron chi connectivity index (χ3n) is 2.50. The lowest BCUT2D eigenvalue weighted by molar-refractivity contribution is 0.340. The maximum absolute atomic E-state index is 8.94. The van der Waals surface area contributed by atoms with E-state index in [1.54, 1.807) is 12.1 Å². The van der Waals surface area contributed by atoms with Crippen LogP contribution in [0, 0.1) is 18.3 Å². The number of nitrogens with zero attached hydrogens (tertiary/aromatic N) is 2. The molecule has 1 aromatic heterocycles. The summed E-state index contributed by atoms with van der Waals surface area (Å²) in [6.45, 7) is 4.44. The minimum absolute atomic E-state index is 0.593. The Hall–Kier alpha value is -2.54. The van der Waals surface area contributed by atoms with Crippen LogP contribution in [0.4, 0.5) is 11.5 Å². The lowest BCUT2D eigenvalue weighted by Gasteiger charge is -2.09. The Bertz CT molecular complexity index is 617. The molecular weight excluding hydrogens is 238 g/mol. The summed E-state index contributed by atoms with van der Waals surface area (Å²) in [6, 6.07) is 13.2. The monoisotopic (exact) mass is 253 g/mol. The van der Waals surface area contributed by atoms with E-state index in [9.17, 15) is 0 Å². The van der Waals surface area contributed by atoms with Gasteiger partial charge in [-0.1, -0.05) is 6.07 Å². The van der Waals surface area contributed by atoms with Gasteiger partial charge in [0.25, 0.3) is 0 Å². The van der Waals surface area contributed by atoms with E-state index < -0.39 is 0 Å². The normalized spacial score (nSPS) is 9.74. The van der Waals surface area contributed by atoms with Crippen molar-refractivity contribution in [3.05, 3.63) is 47.7 Å². The van der Waals surface area contributed by atoms with Crippen molar-refractivity contribution in [3.63, 3.8) is 0 Å². The summed E-state index contributed by atoms with van der Waals surface area (Å²) in [6.07, 6.45) is 0. The van der Waals surface area contributed by atoms with Crippen LogP contribution >= 0.6 is 0 Å². The van der Waals surface area contributed by atoms with Gasteiger partial charge in [-0.25, -0.2) is 4.98 Å². The minimum atomic E-state index is 0.593. The Morgan fingerprint density at radius 2 is 2.16 bits per heavy atom. The highest BCUT2D eigenvalue weighted by atomic mass is 16.5. The first-order valence-corrected chi connectivity index (χ1v) is 6.10. The van der Waals surface area contributed by atoms with Crippen molar-refractivity contribution >= 4 is 11.5 Å². The Labute approximate surface area is 112 Å². The van der Waals surface area contributed by atoms with E-state index in [1.165, 1.54) is 0 Å². The van der Waals surface area contributed by atoms with Crippen LogP contribution in [0.2, 0.25) is 0 Å². The maximum Gasteiger partial charge on any atom is 0.131 e. The number of hydrogen-bond donors (Lipinski definition) is 1. The third kappa shape index (κ3) is 3.46. The van der Waals surface area contributed by atoms with Crippen LogP contribution in [0.5, 0.6) is 5.75 Å². The van der Waals surface area contributed by atoms with E-state index in [0.29, 0.717) is 18.0 Å². The predicted octanol–water partition coefficient (Wildman–Crippen LogP) is 3.40. The average molecular weight is 253 g/mol. The smallest absolute Gasteiger partial charge is 0.131 e. The number of rotatable bonds is 4. The van der Waals surface area contributed by atoms with Crippen molar-refractivity contribution in [2.75, 3.05) is 11.9 Å². The molecule has 4 nitrogen and oxygen atoms in total. The van der Waals surface area contributed by atoms with Gasteiger partial charge in [-0.2, -0.15) is 5.26 Å². The first kappa shape index (κ1) is 12.9. The number of nitriles is 1. The number of benzene rings is 1. The molecule has 96 valence electrons. The molecule has 0 fully saturated rings. The Kier molecular flexibility index (Phi) is 3.99. The van der Waals surface area contributed by atoms with Gasteiger partial charge < -0.3 is 10.1 Å². The fourth-order valence-electron chi connectivity index (χ4n) is 1.78. The summed E-state index contributed by atoms with van der Waals surface area (Å²) < 4.78 is 5.44. The van der Waals surface area contributed by atoms with E-state index in [0.717, 1.165) is 17.1 Å². The third-order valence-corrected chi connectivity index (χ3v) is 2.50. The standard InChI is InChI=1S/C15H15N3O/c1-3-19-14-6-4-5-13(9-14)18-15-8-12(10-16)7-11(2)17-15/h4-9H,3H2,1-2H3,(H,17,18). The van der Waals surface area contributed by atoms with Gasteiger partial charge in [0, 0.05) is 17.4 Å². The van der Waals surface area contributed by atoms with E-state index >= 15 is 0 Å². The summed E-state index contributed by atoms with van der Waals surface area (Å²) in [5, 5.41) is 12.1. The Balaban J connectivity index is 2.23. The van der Waals surface area contributed by atoms with Crippen LogP contribution in [0.1, 0.15) is 18.2 Å². The molecule has 0 saturated heterocycles. The van der Waals surface area contributed by atoms with Gasteiger partial charge >= 0.3 is 0 Å². The van der Waals surface area contributed by atoms with Gasteiger partial charge in [-0.15, -0.1) is 0 Å². The van der Waals surface area contributed by atoms with Crippen LogP contribution in [-0.4, -0.2) is 11.6 Å². The molecule has 0 aliphatic heterocycles. The molecular formula is C15H15N3O. The highest BCUT2D eigenvalue weighted by molar-refractivity contribution is 5.59. The van der Waals surface area contributed by atoms with Gasteiger partial charge in [0.05, 0.1) is 18.2 Å². The molecule has 0 aliphatic carbocycles. The highest BCUT2D eigenvalue weighted by Gasteiger charge is 2.01. The number of ether oxygens (including phenoxy) is 1. The second-order valence-electron chi connectivity index (χ2n) is 4.08. The lowest BCUT2D eigenvalue weighted by Crippen LogP contribution is -1.97. The Morgan fingerprint density at radius 3 is 2.89 bits per heavy atom. The van der Waals surface area contributed by atoms with Crippen molar-refractivity contribution in [2.24, 2.45) is 0 Å². The van der Waals surface area contributed by atoms with Gasteiger partial charge in [0.1, 0.15) is 11.6 Å². The van der Waals surface area contributed by atoms with Crippen molar-refractivity contribution in [2.45, 2.75) is 13.8 Å². The molecule has 0 saturated carbocycles. The average Bonchev–Trinajstić information content (AvgIpc) is 2.39. The molecule has 0 amide bonds. The molecule has 4 heteroatoms. The van der Waals surface area contributed by atoms with Crippen LogP contribution in [0.25, 0.3) is 0 Å². The van der Waals surface area contributed by atoms with Crippen molar-refractivity contribution in [1.29, 1.82) is 5.26 Å². The van der Waals surface area contributed by atoms with E-state index in [-0.39, 0.29) is 0 Å². The zero-order chi connectivity index (χ0) is 13.7. The number of nitrogens with one attached hydrogen (secondary N) is 1. The molecule has 2 rings (SSSR count). The first-order chi connectivity index (χ1) is 9.21. The molecule has 1 aromatic carbocycles. The summed E-state index contributed by atoms with van der Waals surface area (Å²) in [7, 11) is 0. The van der Waals surface area contributed by atoms with Gasteiger partial charge in [-0.3, -0.25) is 0 Å². The summed E-state index contributed by atoms with van der Waals surface area (Å²) in [5.41, 5.74) is 2.28. The molecule has 0 atom stereocenters. The van der Waals surface area contributed by atoms with Crippen molar-refractivity contribution in [1.82, 2.24) is 4.98 Å². The molecule has 19 heavy (non-hydrogen) atoms. The zero-order valence-electron chi connectivity index (χ0n) is 11.0. The maximum atomic E-state index is 8.94. The molecule has 0 spiro atoms. The molecule has 0 radical (unpaired) electrons. The molecule has 1 N–H and O–H groups in total.